The Morgan fingerprint density at radius 2 is 2.04 bits per heavy atom. The molecule has 0 bridgehead atoms. The summed E-state index contributed by atoms with van der Waals surface area (Å²) >= 11 is 9.58. The molecule has 1 aliphatic rings. The van der Waals surface area contributed by atoms with E-state index in [0.717, 1.165) is 8.47 Å². The van der Waals surface area contributed by atoms with Crippen LogP contribution in [0.5, 0.6) is 0 Å². The van der Waals surface area contributed by atoms with Gasteiger partial charge in [0.2, 0.25) is 0 Å². The number of aliphatic carboxylic acids is 1. The van der Waals surface area contributed by atoms with E-state index in [-0.39, 0.29) is 16.2 Å². The number of halogens is 3. The first-order chi connectivity index (χ1) is 13.2. The maximum atomic E-state index is 13.3. The number of rotatable bonds is 6. The lowest BCUT2D eigenvalue weighted by atomic mass is 9.67. The van der Waals surface area contributed by atoms with Crippen LogP contribution in [0.15, 0.2) is 41.3 Å². The summed E-state index contributed by atoms with van der Waals surface area (Å²) in [5.41, 5.74) is 0.278. The summed E-state index contributed by atoms with van der Waals surface area (Å²) in [5.74, 6) is -1.59. The first-order valence-electron chi connectivity index (χ1n) is 8.70. The standard InChI is InChI=1S/C20H18ClFINO3S/c1-2-20(19(26)27)9-13(10-20)28-17-7-11(3-6-16(17)23)18(25)24-12-4-5-15(22)14(21)8-12/h3-8,13H,2,9-10H2,1H3,(H,24,25)(H,26,27)/t13-,20-. The molecule has 3 rings (SSSR count). The number of carboxylic acids is 1. The van der Waals surface area contributed by atoms with Crippen LogP contribution in [0.1, 0.15) is 36.5 Å². The number of nitrogens with one attached hydrogen (secondary N) is 1. The molecule has 1 aliphatic carbocycles. The van der Waals surface area contributed by atoms with Gasteiger partial charge in [-0.1, -0.05) is 18.5 Å². The highest BCUT2D eigenvalue weighted by molar-refractivity contribution is 14.1. The number of amides is 1. The van der Waals surface area contributed by atoms with Gasteiger partial charge in [-0.05, 0) is 78.3 Å². The van der Waals surface area contributed by atoms with Crippen molar-refractivity contribution in [2.24, 2.45) is 5.41 Å². The number of carbonyl (C=O) groups excluding carboxylic acids is 1. The second-order valence-corrected chi connectivity index (χ2v) is 9.73. The molecule has 1 saturated carbocycles. The van der Waals surface area contributed by atoms with Crippen LogP contribution in [0.4, 0.5) is 10.1 Å². The van der Waals surface area contributed by atoms with Crippen LogP contribution < -0.4 is 5.32 Å². The summed E-state index contributed by atoms with van der Waals surface area (Å²) in [6.45, 7) is 1.91. The number of hydrogen-bond acceptors (Lipinski definition) is 3. The molecule has 2 aromatic rings. The van der Waals surface area contributed by atoms with Gasteiger partial charge in [0, 0.05) is 25.0 Å². The molecule has 148 valence electrons. The zero-order chi connectivity index (χ0) is 20.5. The third-order valence-corrected chi connectivity index (χ3v) is 7.89. The summed E-state index contributed by atoms with van der Waals surface area (Å²) in [7, 11) is 0. The number of thioether (sulfide) groups is 1. The molecule has 0 aromatic heterocycles. The zero-order valence-electron chi connectivity index (χ0n) is 15.0. The maximum Gasteiger partial charge on any atom is 0.309 e. The minimum Gasteiger partial charge on any atom is -0.481 e. The molecule has 4 nitrogen and oxygen atoms in total. The molecule has 28 heavy (non-hydrogen) atoms. The highest BCUT2D eigenvalue weighted by Crippen LogP contribution is 2.51. The number of benzene rings is 2. The summed E-state index contributed by atoms with van der Waals surface area (Å²) in [6.07, 6.45) is 1.88. The van der Waals surface area contributed by atoms with Crippen molar-refractivity contribution in [1.82, 2.24) is 0 Å². The van der Waals surface area contributed by atoms with Crippen LogP contribution in [0.25, 0.3) is 0 Å². The smallest absolute Gasteiger partial charge is 0.309 e. The average Bonchev–Trinajstić information content (AvgIpc) is 2.62. The van der Waals surface area contributed by atoms with E-state index in [1.165, 1.54) is 18.2 Å². The van der Waals surface area contributed by atoms with Crippen molar-refractivity contribution >= 4 is 63.5 Å². The molecule has 0 saturated heterocycles. The SMILES string of the molecule is CC[C@]1(C(=O)O)C[C@H](Sc2cc(C(=O)Nc3ccc(F)c(Cl)c3)ccc2I)C1. The minimum atomic E-state index is -0.729. The van der Waals surface area contributed by atoms with Crippen LogP contribution in [0.3, 0.4) is 0 Å². The van der Waals surface area contributed by atoms with Gasteiger partial charge in [-0.25, -0.2) is 4.39 Å². The molecule has 0 radical (unpaired) electrons. The van der Waals surface area contributed by atoms with E-state index >= 15 is 0 Å². The molecule has 0 aliphatic heterocycles. The van der Waals surface area contributed by atoms with Crippen LogP contribution in [-0.2, 0) is 4.79 Å². The highest BCUT2D eigenvalue weighted by atomic mass is 127. The van der Waals surface area contributed by atoms with Crippen LogP contribution >= 0.6 is 46.0 Å². The predicted molar refractivity (Wildman–Crippen MR) is 118 cm³/mol. The lowest BCUT2D eigenvalue weighted by Crippen LogP contribution is -2.45. The molecule has 2 aromatic carbocycles. The maximum absolute atomic E-state index is 13.3. The van der Waals surface area contributed by atoms with E-state index in [2.05, 4.69) is 27.9 Å². The Morgan fingerprint density at radius 3 is 2.64 bits per heavy atom. The quantitative estimate of drug-likeness (QED) is 0.442. The third-order valence-electron chi connectivity index (χ3n) is 5.03. The zero-order valence-corrected chi connectivity index (χ0v) is 18.7. The Kier molecular flexibility index (Phi) is 6.56. The van der Waals surface area contributed by atoms with Crippen molar-refractivity contribution < 1.29 is 19.1 Å². The molecule has 1 amide bonds. The third kappa shape index (κ3) is 4.46. The molecular weight excluding hydrogens is 516 g/mol. The molecule has 0 atom stereocenters. The average molecular weight is 534 g/mol. The molecule has 0 unspecified atom stereocenters. The normalized spacial score (nSPS) is 21.1. The highest BCUT2D eigenvalue weighted by Gasteiger charge is 2.49. The van der Waals surface area contributed by atoms with Crippen molar-refractivity contribution in [2.45, 2.75) is 36.3 Å². The molecular formula is C20H18ClFINO3S. The monoisotopic (exact) mass is 533 g/mol. The summed E-state index contributed by atoms with van der Waals surface area (Å²) in [5, 5.41) is 12.3. The van der Waals surface area contributed by atoms with Gasteiger partial charge in [-0.3, -0.25) is 9.59 Å². The number of carboxylic acid groups (broad SMARTS) is 1. The Labute approximate surface area is 185 Å². The van der Waals surface area contributed by atoms with E-state index in [0.29, 0.717) is 30.5 Å². The van der Waals surface area contributed by atoms with Crippen molar-refractivity contribution in [2.75, 3.05) is 5.32 Å². The fourth-order valence-electron chi connectivity index (χ4n) is 3.20. The van der Waals surface area contributed by atoms with Gasteiger partial charge in [0.1, 0.15) is 5.82 Å². The first kappa shape index (κ1) is 21.4. The number of hydrogen-bond donors (Lipinski definition) is 2. The second kappa shape index (κ2) is 8.59. The number of carbonyl (C=O) groups is 2. The van der Waals surface area contributed by atoms with E-state index in [1.807, 2.05) is 13.0 Å². The number of anilines is 1. The van der Waals surface area contributed by atoms with E-state index in [9.17, 15) is 19.1 Å². The largest absolute Gasteiger partial charge is 0.481 e. The Balaban J connectivity index is 1.70. The van der Waals surface area contributed by atoms with E-state index in [4.69, 9.17) is 11.6 Å². The topological polar surface area (TPSA) is 66.4 Å². The van der Waals surface area contributed by atoms with Crippen LogP contribution in [0, 0.1) is 14.8 Å². The van der Waals surface area contributed by atoms with Gasteiger partial charge in [-0.15, -0.1) is 11.8 Å². The molecule has 1 fully saturated rings. The molecule has 8 heteroatoms. The van der Waals surface area contributed by atoms with Crippen LogP contribution in [-0.4, -0.2) is 22.2 Å². The fourth-order valence-corrected chi connectivity index (χ4v) is 5.64. The van der Waals surface area contributed by atoms with E-state index < -0.39 is 17.2 Å². The molecule has 0 heterocycles. The van der Waals surface area contributed by atoms with Crippen molar-refractivity contribution in [3.63, 3.8) is 0 Å². The summed E-state index contributed by atoms with van der Waals surface area (Å²) in [4.78, 5) is 25.0. The summed E-state index contributed by atoms with van der Waals surface area (Å²) < 4.78 is 14.3. The van der Waals surface area contributed by atoms with Crippen LogP contribution in [0.2, 0.25) is 5.02 Å². The predicted octanol–water partition coefficient (Wildman–Crippen LogP) is 6.07. The van der Waals surface area contributed by atoms with Gasteiger partial charge < -0.3 is 10.4 Å². The Morgan fingerprint density at radius 1 is 1.32 bits per heavy atom. The molecule has 0 spiro atoms. The van der Waals surface area contributed by atoms with Gasteiger partial charge in [-0.2, -0.15) is 0 Å². The van der Waals surface area contributed by atoms with Crippen molar-refractivity contribution in [3.05, 3.63) is 56.4 Å². The van der Waals surface area contributed by atoms with Gasteiger partial charge in [0.05, 0.1) is 10.4 Å². The lowest BCUT2D eigenvalue weighted by molar-refractivity contribution is -0.154. The van der Waals surface area contributed by atoms with Crippen molar-refractivity contribution in [3.8, 4) is 0 Å². The van der Waals surface area contributed by atoms with Gasteiger partial charge in [0.25, 0.3) is 5.91 Å². The van der Waals surface area contributed by atoms with Gasteiger partial charge in [0.15, 0.2) is 0 Å². The van der Waals surface area contributed by atoms with Gasteiger partial charge >= 0.3 is 5.97 Å². The Hall–Kier alpha value is -1.32. The second-order valence-electron chi connectivity index (χ2n) is 6.82. The summed E-state index contributed by atoms with van der Waals surface area (Å²) in [6, 6.07) is 9.40. The lowest BCUT2D eigenvalue weighted by Gasteiger charge is -2.43. The molecule has 2 N–H and O–H groups in total. The fraction of sp³-hybridized carbons (Fsp3) is 0.300. The minimum absolute atomic E-state index is 0.0560. The van der Waals surface area contributed by atoms with Crippen molar-refractivity contribution in [1.29, 1.82) is 0 Å². The Bertz CT molecular complexity index is 934. The first-order valence-corrected chi connectivity index (χ1v) is 11.0. The van der Waals surface area contributed by atoms with E-state index in [1.54, 1.807) is 23.9 Å².